The fourth-order valence-electron chi connectivity index (χ4n) is 2.76. The molecule has 148 valence electrons. The molecular formula is C21H23NO6. The topological polar surface area (TPSA) is 94.1 Å². The Kier molecular flexibility index (Phi) is 6.62. The molecule has 28 heavy (non-hydrogen) atoms. The van der Waals surface area contributed by atoms with Crippen molar-refractivity contribution in [3.63, 3.8) is 0 Å². The zero-order valence-electron chi connectivity index (χ0n) is 15.6. The van der Waals surface area contributed by atoms with E-state index in [2.05, 4.69) is 5.32 Å². The van der Waals surface area contributed by atoms with Gasteiger partial charge < -0.3 is 24.6 Å². The van der Waals surface area contributed by atoms with Crippen molar-refractivity contribution in [1.29, 1.82) is 0 Å². The quantitative estimate of drug-likeness (QED) is 0.474. The van der Waals surface area contributed by atoms with E-state index in [1.807, 2.05) is 30.3 Å². The molecule has 0 aromatic heterocycles. The van der Waals surface area contributed by atoms with E-state index in [9.17, 15) is 14.7 Å². The lowest BCUT2D eigenvalue weighted by atomic mass is 10.1. The first-order valence-corrected chi connectivity index (χ1v) is 9.09. The van der Waals surface area contributed by atoms with Crippen molar-refractivity contribution in [2.75, 3.05) is 26.3 Å². The normalized spacial score (nSPS) is 16.2. The molecular weight excluding hydrogens is 362 g/mol. The maximum Gasteiger partial charge on any atom is 0.219 e. The number of carbonyl (C=O) groups excluding carboxylic acids is 2. The van der Waals surface area contributed by atoms with Crippen molar-refractivity contribution in [2.45, 2.75) is 19.1 Å². The summed E-state index contributed by atoms with van der Waals surface area (Å²) < 4.78 is 16.5. The zero-order chi connectivity index (χ0) is 19.9. The molecule has 7 heteroatoms. The lowest BCUT2D eigenvalue weighted by Crippen LogP contribution is -2.33. The predicted octanol–water partition coefficient (Wildman–Crippen LogP) is 1.63. The predicted molar refractivity (Wildman–Crippen MR) is 102 cm³/mol. The van der Waals surface area contributed by atoms with Crippen LogP contribution in [0.4, 0.5) is 0 Å². The molecule has 0 saturated carbocycles. The number of para-hydroxylation sites is 1. The maximum atomic E-state index is 12.2. The third-order valence-electron chi connectivity index (χ3n) is 4.18. The van der Waals surface area contributed by atoms with E-state index in [1.54, 1.807) is 18.2 Å². The van der Waals surface area contributed by atoms with Gasteiger partial charge in [-0.3, -0.25) is 9.59 Å². The van der Waals surface area contributed by atoms with Gasteiger partial charge >= 0.3 is 0 Å². The fraction of sp³-hybridized carbons (Fsp3) is 0.333. The largest absolute Gasteiger partial charge is 0.492 e. The highest BCUT2D eigenvalue weighted by Gasteiger charge is 2.35. The molecule has 3 rings (SSSR count). The van der Waals surface area contributed by atoms with Crippen LogP contribution in [0.3, 0.4) is 0 Å². The second kappa shape index (κ2) is 9.34. The summed E-state index contributed by atoms with van der Waals surface area (Å²) in [5.41, 5.74) is 0.360. The molecule has 0 saturated heterocycles. The molecule has 2 N–H and O–H groups in total. The van der Waals surface area contributed by atoms with Gasteiger partial charge in [-0.25, -0.2) is 0 Å². The van der Waals surface area contributed by atoms with Crippen LogP contribution in [0.2, 0.25) is 0 Å². The van der Waals surface area contributed by atoms with Crippen LogP contribution >= 0.6 is 0 Å². The Morgan fingerprint density at radius 1 is 1.18 bits per heavy atom. The third-order valence-corrected chi connectivity index (χ3v) is 4.18. The van der Waals surface area contributed by atoms with Gasteiger partial charge in [0.05, 0.1) is 5.56 Å². The first-order chi connectivity index (χ1) is 13.5. The minimum Gasteiger partial charge on any atom is -0.492 e. The first kappa shape index (κ1) is 19.9. The zero-order valence-corrected chi connectivity index (χ0v) is 15.6. The summed E-state index contributed by atoms with van der Waals surface area (Å²) in [6.07, 6.45) is -1.69. The lowest BCUT2D eigenvalue weighted by Gasteiger charge is -2.13. The van der Waals surface area contributed by atoms with Gasteiger partial charge in [-0.05, 0) is 37.3 Å². The van der Waals surface area contributed by atoms with Gasteiger partial charge in [-0.2, -0.15) is 0 Å². The van der Waals surface area contributed by atoms with Crippen LogP contribution in [0, 0.1) is 0 Å². The Hall–Kier alpha value is -2.90. The van der Waals surface area contributed by atoms with Crippen LogP contribution in [0.5, 0.6) is 17.2 Å². The smallest absolute Gasteiger partial charge is 0.219 e. The number of ether oxygens (including phenoxy) is 3. The van der Waals surface area contributed by atoms with Gasteiger partial charge in [0, 0.05) is 13.1 Å². The van der Waals surface area contributed by atoms with Gasteiger partial charge in [0.1, 0.15) is 36.6 Å². The second-order valence-electron chi connectivity index (χ2n) is 6.46. The Morgan fingerprint density at radius 3 is 2.71 bits per heavy atom. The van der Waals surface area contributed by atoms with Crippen molar-refractivity contribution in [1.82, 2.24) is 5.32 Å². The van der Waals surface area contributed by atoms with E-state index in [4.69, 9.17) is 14.2 Å². The molecule has 1 unspecified atom stereocenters. The summed E-state index contributed by atoms with van der Waals surface area (Å²) in [5, 5.41) is 13.0. The Bertz CT molecular complexity index is 823. The van der Waals surface area contributed by atoms with E-state index in [-0.39, 0.29) is 18.2 Å². The molecule has 2 aromatic carbocycles. The van der Waals surface area contributed by atoms with Crippen molar-refractivity contribution < 1.29 is 28.9 Å². The van der Waals surface area contributed by atoms with Crippen LogP contribution in [0.1, 0.15) is 17.3 Å². The molecule has 1 aliphatic heterocycles. The molecule has 1 heterocycles. The summed E-state index contributed by atoms with van der Waals surface area (Å²) in [7, 11) is 0. The average molecular weight is 385 g/mol. The van der Waals surface area contributed by atoms with Gasteiger partial charge in [-0.15, -0.1) is 0 Å². The van der Waals surface area contributed by atoms with Crippen LogP contribution in [-0.2, 0) is 4.79 Å². The Balaban J connectivity index is 1.36. The second-order valence-corrected chi connectivity index (χ2v) is 6.46. The number of aliphatic hydroxyl groups is 1. The molecule has 0 spiro atoms. The number of hydrogen-bond acceptors (Lipinski definition) is 7. The minimum atomic E-state index is -1.05. The number of Topliss-reactive ketones (excluding diaryl/α,β-unsaturated/α-hetero) is 2. The molecule has 0 radical (unpaired) electrons. The van der Waals surface area contributed by atoms with Crippen molar-refractivity contribution in [3.05, 3.63) is 54.1 Å². The van der Waals surface area contributed by atoms with Gasteiger partial charge in [0.25, 0.3) is 0 Å². The molecule has 2 atom stereocenters. The van der Waals surface area contributed by atoms with Gasteiger partial charge in [0.2, 0.25) is 11.9 Å². The lowest BCUT2D eigenvalue weighted by molar-refractivity contribution is -0.121. The van der Waals surface area contributed by atoms with E-state index in [1.165, 1.54) is 6.92 Å². The van der Waals surface area contributed by atoms with E-state index in [0.29, 0.717) is 42.5 Å². The third kappa shape index (κ3) is 5.09. The number of fused-ring (bicyclic) bond motifs is 1. The SMILES string of the molecule is CC(=O)C1Oc2ccc(OCCNC[C@H](O)COc3ccccc3)cc2C1=O. The summed E-state index contributed by atoms with van der Waals surface area (Å²) in [5.74, 6) is 0.981. The highest BCUT2D eigenvalue weighted by molar-refractivity contribution is 6.16. The van der Waals surface area contributed by atoms with E-state index < -0.39 is 12.2 Å². The minimum absolute atomic E-state index is 0.197. The van der Waals surface area contributed by atoms with Crippen molar-refractivity contribution in [3.8, 4) is 17.2 Å². The molecule has 0 bridgehead atoms. The fourth-order valence-corrected chi connectivity index (χ4v) is 2.76. The number of aliphatic hydroxyl groups excluding tert-OH is 1. The molecule has 0 aliphatic carbocycles. The Morgan fingerprint density at radius 2 is 1.96 bits per heavy atom. The monoisotopic (exact) mass is 385 g/mol. The van der Waals surface area contributed by atoms with Crippen molar-refractivity contribution in [2.24, 2.45) is 0 Å². The van der Waals surface area contributed by atoms with Gasteiger partial charge in [0.15, 0.2) is 5.78 Å². The summed E-state index contributed by atoms with van der Waals surface area (Å²) in [6, 6.07) is 14.2. The summed E-state index contributed by atoms with van der Waals surface area (Å²) in [4.78, 5) is 23.6. The number of carbonyl (C=O) groups is 2. The summed E-state index contributed by atoms with van der Waals surface area (Å²) >= 11 is 0. The van der Waals surface area contributed by atoms with Crippen molar-refractivity contribution >= 4 is 11.6 Å². The number of ketones is 2. The first-order valence-electron chi connectivity index (χ1n) is 9.09. The van der Waals surface area contributed by atoms with Gasteiger partial charge in [-0.1, -0.05) is 18.2 Å². The average Bonchev–Trinajstić information content (AvgIpc) is 3.03. The van der Waals surface area contributed by atoms with E-state index >= 15 is 0 Å². The molecule has 0 fully saturated rings. The maximum absolute atomic E-state index is 12.2. The molecule has 0 amide bonds. The van der Waals surface area contributed by atoms with E-state index in [0.717, 1.165) is 0 Å². The number of benzene rings is 2. The highest BCUT2D eigenvalue weighted by Crippen LogP contribution is 2.32. The van der Waals surface area contributed by atoms with Crippen LogP contribution < -0.4 is 19.5 Å². The highest BCUT2D eigenvalue weighted by atomic mass is 16.5. The molecule has 7 nitrogen and oxygen atoms in total. The molecule has 2 aromatic rings. The summed E-state index contributed by atoms with van der Waals surface area (Å²) in [6.45, 7) is 2.77. The molecule has 1 aliphatic rings. The number of hydrogen-bond donors (Lipinski definition) is 2. The van der Waals surface area contributed by atoms with Crippen LogP contribution in [-0.4, -0.2) is 55.2 Å². The number of nitrogens with one attached hydrogen (secondary N) is 1. The van der Waals surface area contributed by atoms with Crippen LogP contribution in [0.15, 0.2) is 48.5 Å². The number of rotatable bonds is 10. The Labute approximate surface area is 163 Å². The standard InChI is InChI=1S/C21H23NO6/c1-14(23)21-20(25)18-11-17(7-8-19(18)28-21)26-10-9-22-12-15(24)13-27-16-5-3-2-4-6-16/h2-8,11,15,21-22,24H,9-10,12-13H2,1H3/t15-,21?/m0/s1. The van der Waals surface area contributed by atoms with Crippen LogP contribution in [0.25, 0.3) is 0 Å².